The molecular weight excluding hydrogens is 226 g/mol. The molecule has 70 valence electrons. The Bertz CT molecular complexity index is 390. The summed E-state index contributed by atoms with van der Waals surface area (Å²) >= 11 is 0. The van der Waals surface area contributed by atoms with Gasteiger partial charge in [-0.3, -0.25) is 0 Å². The van der Waals surface area contributed by atoms with Gasteiger partial charge in [0, 0.05) is 12.1 Å². The molecule has 0 aliphatic heterocycles. The molecule has 0 unspecified atom stereocenters. The van der Waals surface area contributed by atoms with Crippen LogP contribution >= 0.6 is 20.9 Å². The molecule has 0 atom stereocenters. The summed E-state index contributed by atoms with van der Waals surface area (Å²) in [4.78, 5) is 0. The second-order valence-electron chi connectivity index (χ2n) is 2.31. The van der Waals surface area contributed by atoms with Crippen LogP contribution in [0.5, 0.6) is 5.75 Å². The van der Waals surface area contributed by atoms with Crippen molar-refractivity contribution in [3.05, 3.63) is 18.2 Å². The van der Waals surface area contributed by atoms with Crippen LogP contribution in [-0.4, -0.2) is 11.0 Å². The van der Waals surface area contributed by atoms with Gasteiger partial charge >= 0.3 is 10.3 Å². The largest absolute Gasteiger partial charge is 1.00 e. The van der Waals surface area contributed by atoms with E-state index < -0.39 is 0 Å². The van der Waals surface area contributed by atoms with E-state index in [1.807, 2.05) is 19.1 Å². The fraction of sp³-hybridized carbons (Fsp3) is 0.250. The lowest BCUT2D eigenvalue weighted by atomic mass is 10.3. The summed E-state index contributed by atoms with van der Waals surface area (Å²) in [6, 6.07) is 6.01. The Balaban J connectivity index is 0.000000845. The summed E-state index contributed by atoms with van der Waals surface area (Å²) in [5.74, 6) is 0.906. The van der Waals surface area contributed by atoms with Crippen LogP contribution in [0, 0.1) is 0 Å². The monoisotopic (exact) mass is 233 g/mol. The molecule has 0 N–H and O–H groups in total. The number of halogens is 1. The Kier molecular flexibility index (Phi) is 3.84. The lowest BCUT2D eigenvalue weighted by molar-refractivity contribution is -0.00000292. The second kappa shape index (κ2) is 4.69. The van der Waals surface area contributed by atoms with Gasteiger partial charge in [0.05, 0.1) is 6.61 Å². The van der Waals surface area contributed by atoms with Crippen molar-refractivity contribution in [3.63, 3.8) is 0 Å². The number of benzene rings is 1. The van der Waals surface area contributed by atoms with E-state index >= 15 is 0 Å². The van der Waals surface area contributed by atoms with Crippen LogP contribution in [-0.2, 0) is 0 Å². The molecule has 0 bridgehead atoms. The van der Waals surface area contributed by atoms with Crippen LogP contribution in [0.25, 0.3) is 10.2 Å². The first-order chi connectivity index (χ1) is 5.90. The molecule has 0 fully saturated rings. The van der Waals surface area contributed by atoms with Gasteiger partial charge in [0.1, 0.15) is 5.75 Å². The lowest BCUT2D eigenvalue weighted by Gasteiger charge is -1.99. The van der Waals surface area contributed by atoms with E-state index in [1.54, 1.807) is 10.3 Å². The summed E-state index contributed by atoms with van der Waals surface area (Å²) in [6.45, 7) is 2.69. The maximum absolute atomic E-state index is 5.35. The summed E-state index contributed by atoms with van der Waals surface area (Å²) in [7, 11) is 3.20. The number of nitrogens with zero attached hydrogens (tertiary/aromatic N) is 1. The molecule has 0 saturated carbocycles. The van der Waals surface area contributed by atoms with Gasteiger partial charge in [-0.1, -0.05) is 0 Å². The normalized spacial score (nSPS) is 9.62. The van der Waals surface area contributed by atoms with Crippen molar-refractivity contribution in [2.24, 2.45) is 0 Å². The Morgan fingerprint density at radius 1 is 1.54 bits per heavy atom. The molecule has 1 heterocycles. The van der Waals surface area contributed by atoms with Crippen molar-refractivity contribution in [2.45, 2.75) is 6.92 Å². The third-order valence-electron chi connectivity index (χ3n) is 1.50. The molecule has 0 aliphatic rings. The summed E-state index contributed by atoms with van der Waals surface area (Å²) in [5.41, 5.74) is 1.04. The van der Waals surface area contributed by atoms with E-state index in [0.29, 0.717) is 6.61 Å². The number of hydrogen-bond acceptors (Lipinski definition) is 3. The molecular formula is C8H8ClNOS2. The van der Waals surface area contributed by atoms with Crippen molar-refractivity contribution >= 4 is 31.1 Å². The minimum absolute atomic E-state index is 0. The zero-order chi connectivity index (χ0) is 8.39. The zero-order valence-electron chi connectivity index (χ0n) is 6.99. The molecule has 2 aromatic rings. The molecule has 0 radical (unpaired) electrons. The molecule has 13 heavy (non-hydrogen) atoms. The van der Waals surface area contributed by atoms with Crippen LogP contribution in [0.15, 0.2) is 18.2 Å². The van der Waals surface area contributed by atoms with Crippen molar-refractivity contribution in [1.29, 1.82) is 0 Å². The van der Waals surface area contributed by atoms with E-state index in [4.69, 9.17) is 4.74 Å². The van der Waals surface area contributed by atoms with E-state index in [9.17, 15) is 0 Å². The molecule has 2 rings (SSSR count). The predicted molar refractivity (Wildman–Crippen MR) is 53.1 cm³/mol. The van der Waals surface area contributed by atoms with Crippen LogP contribution in [0.4, 0.5) is 0 Å². The van der Waals surface area contributed by atoms with Gasteiger partial charge in [-0.2, -0.15) is 0 Å². The number of fused-ring (bicyclic) bond motifs is 1. The Labute approximate surface area is 90.1 Å². The smallest absolute Gasteiger partial charge is 0.323 e. The summed E-state index contributed by atoms with van der Waals surface area (Å²) < 4.78 is 10.8. The Morgan fingerprint density at radius 3 is 3.15 bits per heavy atom. The SMILES string of the molecule is CCOc1ccc2[s+]snc2c1.[Cl-]. The topological polar surface area (TPSA) is 22.1 Å². The van der Waals surface area contributed by atoms with Gasteiger partial charge < -0.3 is 17.1 Å². The highest BCUT2D eigenvalue weighted by molar-refractivity contribution is 7.69. The Hall–Kier alpha value is -0.450. The van der Waals surface area contributed by atoms with Crippen molar-refractivity contribution in [1.82, 2.24) is 4.37 Å². The second-order valence-corrected chi connectivity index (χ2v) is 4.20. The predicted octanol–water partition coefficient (Wildman–Crippen LogP) is 0.0416. The first-order valence-electron chi connectivity index (χ1n) is 3.71. The van der Waals surface area contributed by atoms with Gasteiger partial charge in [-0.05, 0) is 13.0 Å². The van der Waals surface area contributed by atoms with Crippen LogP contribution in [0.2, 0.25) is 0 Å². The maximum Gasteiger partial charge on any atom is 0.323 e. The molecule has 0 aliphatic carbocycles. The van der Waals surface area contributed by atoms with Crippen molar-refractivity contribution < 1.29 is 17.1 Å². The summed E-state index contributed by atoms with van der Waals surface area (Å²) in [6.07, 6.45) is 0. The molecule has 0 spiro atoms. The first kappa shape index (κ1) is 10.6. The van der Waals surface area contributed by atoms with E-state index in [-0.39, 0.29) is 12.4 Å². The lowest BCUT2D eigenvalue weighted by Crippen LogP contribution is -3.00. The number of rotatable bonds is 2. The highest BCUT2D eigenvalue weighted by Gasteiger charge is 2.09. The third kappa shape index (κ3) is 2.27. The van der Waals surface area contributed by atoms with Crippen LogP contribution in [0.3, 0.4) is 0 Å². The minimum atomic E-state index is 0. The highest BCUT2D eigenvalue weighted by atomic mass is 35.5. The molecule has 0 amide bonds. The maximum atomic E-state index is 5.35. The van der Waals surface area contributed by atoms with Crippen LogP contribution in [0.1, 0.15) is 6.92 Å². The van der Waals surface area contributed by atoms with Gasteiger partial charge in [0.25, 0.3) is 15.2 Å². The molecule has 2 nitrogen and oxygen atoms in total. The molecule has 1 aromatic heterocycles. The molecule has 1 aromatic carbocycles. The third-order valence-corrected chi connectivity index (χ3v) is 3.36. The van der Waals surface area contributed by atoms with Crippen LogP contribution < -0.4 is 17.1 Å². The number of aromatic nitrogens is 1. The average molecular weight is 234 g/mol. The highest BCUT2D eigenvalue weighted by Crippen LogP contribution is 2.25. The quantitative estimate of drug-likeness (QED) is 0.540. The van der Waals surface area contributed by atoms with Gasteiger partial charge in [0.2, 0.25) is 0 Å². The standard InChI is InChI=1S/C8H8NOS2.ClH/c1-2-10-6-3-4-8-7(5-6)9-12-11-8;/h3-5H,2H2,1H3;1H/q+1;/p-1. The Morgan fingerprint density at radius 2 is 2.38 bits per heavy atom. The fourth-order valence-corrected chi connectivity index (χ4v) is 2.73. The average Bonchev–Trinajstić information content (AvgIpc) is 2.51. The zero-order valence-corrected chi connectivity index (χ0v) is 9.38. The number of ether oxygens (including phenoxy) is 1. The first-order valence-corrected chi connectivity index (χ1v) is 5.82. The van der Waals surface area contributed by atoms with Gasteiger partial charge in [0.15, 0.2) is 5.52 Å². The van der Waals surface area contributed by atoms with Crippen molar-refractivity contribution in [3.8, 4) is 5.75 Å². The van der Waals surface area contributed by atoms with E-state index in [2.05, 4.69) is 10.4 Å². The fourth-order valence-electron chi connectivity index (χ4n) is 0.994. The van der Waals surface area contributed by atoms with E-state index in [1.165, 1.54) is 15.2 Å². The van der Waals surface area contributed by atoms with Gasteiger partial charge in [-0.15, -0.1) is 4.37 Å². The number of hydrogen-bond donors (Lipinski definition) is 0. The van der Waals surface area contributed by atoms with E-state index in [0.717, 1.165) is 11.3 Å². The minimum Gasteiger partial charge on any atom is -1.00 e. The van der Waals surface area contributed by atoms with Crippen molar-refractivity contribution in [2.75, 3.05) is 6.61 Å². The molecule has 0 saturated heterocycles. The summed E-state index contributed by atoms with van der Waals surface area (Å²) in [5, 5.41) is 0. The van der Waals surface area contributed by atoms with Gasteiger partial charge in [-0.25, -0.2) is 0 Å². The molecule has 5 heteroatoms.